The lowest BCUT2D eigenvalue weighted by atomic mass is 10.1. The molecule has 0 saturated heterocycles. The average molecular weight is 239 g/mol. The number of aliphatic hydroxyl groups excluding tert-OH is 2. The largest absolute Gasteiger partial charge is 0.394 e. The van der Waals surface area contributed by atoms with Crippen molar-refractivity contribution in [1.29, 1.82) is 0 Å². The van der Waals surface area contributed by atoms with Gasteiger partial charge < -0.3 is 10.2 Å². The zero-order chi connectivity index (χ0) is 12.1. The molecule has 0 aliphatic carbocycles. The fraction of sp³-hybridized carbons (Fsp3) is 0.800. The third-order valence-electron chi connectivity index (χ3n) is 1.49. The van der Waals surface area contributed by atoms with Crippen LogP contribution >= 0.6 is 0 Å². The molecule has 0 aliphatic heterocycles. The number of rotatable bonds is 5. The molecule has 2 unspecified atom stereocenters. The molecule has 3 N–H and O–H groups in total. The standard InChI is InChI=1S/C5H9N3O6S/c6-8-7-3(4(10)2-9)1-5(11)15(12,13)14/h3-4,9-10H,1-2H2,(H,12,13,14). The van der Waals surface area contributed by atoms with Crippen molar-refractivity contribution in [2.24, 2.45) is 5.11 Å². The fourth-order valence-electron chi connectivity index (χ4n) is 0.718. The normalized spacial score (nSPS) is 15.1. The van der Waals surface area contributed by atoms with Crippen molar-refractivity contribution in [1.82, 2.24) is 0 Å². The Labute approximate surface area is 84.7 Å². The summed E-state index contributed by atoms with van der Waals surface area (Å²) in [7, 11) is -4.87. The van der Waals surface area contributed by atoms with Gasteiger partial charge in [0.1, 0.15) is 0 Å². The molecule has 0 spiro atoms. The maximum absolute atomic E-state index is 10.8. The van der Waals surface area contributed by atoms with Gasteiger partial charge in [0.05, 0.1) is 18.8 Å². The van der Waals surface area contributed by atoms with Gasteiger partial charge in [0, 0.05) is 11.3 Å². The zero-order valence-corrected chi connectivity index (χ0v) is 8.20. The summed E-state index contributed by atoms with van der Waals surface area (Å²) in [6, 6.07) is -1.44. The van der Waals surface area contributed by atoms with E-state index in [0.717, 1.165) is 0 Å². The highest BCUT2D eigenvalue weighted by Gasteiger charge is 2.26. The first-order valence-corrected chi connectivity index (χ1v) is 5.10. The Morgan fingerprint density at radius 3 is 2.40 bits per heavy atom. The minimum absolute atomic E-state index is 0.803. The number of azide groups is 1. The minimum atomic E-state index is -4.87. The summed E-state index contributed by atoms with van der Waals surface area (Å²) in [6.07, 6.45) is -2.46. The number of hydrogen-bond donors (Lipinski definition) is 3. The Morgan fingerprint density at radius 1 is 1.53 bits per heavy atom. The van der Waals surface area contributed by atoms with Gasteiger partial charge in [0.2, 0.25) is 0 Å². The molecule has 0 amide bonds. The van der Waals surface area contributed by atoms with Gasteiger partial charge in [-0.3, -0.25) is 9.35 Å². The molecule has 0 saturated carbocycles. The Bertz CT molecular complexity index is 372. The van der Waals surface area contributed by atoms with Gasteiger partial charge in [-0.15, -0.1) is 0 Å². The van der Waals surface area contributed by atoms with Crippen LogP contribution in [0.4, 0.5) is 0 Å². The number of carbonyl (C=O) groups excluding carboxylic acids is 1. The second-order valence-electron chi connectivity index (χ2n) is 2.57. The molecule has 0 aromatic heterocycles. The molecule has 0 aromatic rings. The third-order valence-corrected chi connectivity index (χ3v) is 2.24. The molecule has 0 heterocycles. The molecular weight excluding hydrogens is 230 g/mol. The molecule has 0 rings (SSSR count). The molecule has 0 aromatic carbocycles. The van der Waals surface area contributed by atoms with Crippen LogP contribution in [0.2, 0.25) is 0 Å². The zero-order valence-electron chi connectivity index (χ0n) is 7.39. The van der Waals surface area contributed by atoms with Crippen LogP contribution in [0.3, 0.4) is 0 Å². The first-order valence-electron chi connectivity index (χ1n) is 3.66. The van der Waals surface area contributed by atoms with Gasteiger partial charge in [-0.05, 0) is 5.53 Å². The van der Waals surface area contributed by atoms with Crippen molar-refractivity contribution < 1.29 is 28.0 Å². The monoisotopic (exact) mass is 239 g/mol. The van der Waals surface area contributed by atoms with E-state index in [2.05, 4.69) is 10.0 Å². The van der Waals surface area contributed by atoms with E-state index >= 15 is 0 Å². The topological polar surface area (TPSA) is 161 Å². The summed E-state index contributed by atoms with van der Waals surface area (Å²) < 4.78 is 28.9. The highest BCUT2D eigenvalue weighted by atomic mass is 32.2. The van der Waals surface area contributed by atoms with Crippen LogP contribution in [-0.4, -0.2) is 47.1 Å². The Kier molecular flexibility index (Phi) is 5.19. The summed E-state index contributed by atoms with van der Waals surface area (Å²) in [6.45, 7) is -0.803. The molecule has 0 aliphatic rings. The quantitative estimate of drug-likeness (QED) is 0.237. The molecule has 0 bridgehead atoms. The van der Waals surface area contributed by atoms with Crippen LogP contribution < -0.4 is 0 Å². The summed E-state index contributed by atoms with van der Waals surface area (Å²) in [5.41, 5.74) is 8.04. The highest BCUT2D eigenvalue weighted by Crippen LogP contribution is 2.08. The minimum Gasteiger partial charge on any atom is -0.394 e. The molecule has 15 heavy (non-hydrogen) atoms. The lowest BCUT2D eigenvalue weighted by Gasteiger charge is -2.13. The smallest absolute Gasteiger partial charge is 0.328 e. The van der Waals surface area contributed by atoms with Crippen LogP contribution in [0.5, 0.6) is 0 Å². The van der Waals surface area contributed by atoms with Crippen LogP contribution in [0.1, 0.15) is 6.42 Å². The lowest BCUT2D eigenvalue weighted by molar-refractivity contribution is -0.113. The maximum Gasteiger partial charge on any atom is 0.328 e. The summed E-state index contributed by atoms with van der Waals surface area (Å²) >= 11 is 0. The van der Waals surface area contributed by atoms with E-state index in [1.54, 1.807) is 0 Å². The van der Waals surface area contributed by atoms with E-state index in [4.69, 9.17) is 20.3 Å². The predicted molar refractivity (Wildman–Crippen MR) is 47.2 cm³/mol. The van der Waals surface area contributed by atoms with Crippen LogP contribution in [0, 0.1) is 0 Å². The molecular formula is C5H9N3O6S. The summed E-state index contributed by atoms with van der Waals surface area (Å²) in [4.78, 5) is 13.0. The van der Waals surface area contributed by atoms with E-state index in [1.165, 1.54) is 0 Å². The van der Waals surface area contributed by atoms with Crippen LogP contribution in [0.25, 0.3) is 10.4 Å². The first kappa shape index (κ1) is 13.8. The Balaban J connectivity index is 4.71. The van der Waals surface area contributed by atoms with E-state index < -0.39 is 40.4 Å². The molecule has 0 fully saturated rings. The molecule has 10 heteroatoms. The highest BCUT2D eigenvalue weighted by molar-refractivity contribution is 8.01. The van der Waals surface area contributed by atoms with Crippen LogP contribution in [0.15, 0.2) is 5.11 Å². The van der Waals surface area contributed by atoms with Crippen molar-refractivity contribution >= 4 is 15.2 Å². The molecule has 2 atom stereocenters. The van der Waals surface area contributed by atoms with Gasteiger partial charge in [-0.2, -0.15) is 8.42 Å². The first-order chi connectivity index (χ1) is 6.82. The van der Waals surface area contributed by atoms with Gasteiger partial charge in [0.15, 0.2) is 0 Å². The summed E-state index contributed by atoms with van der Waals surface area (Å²) in [5, 5.41) is 18.8. The number of aliphatic hydroxyl groups is 2. The van der Waals surface area contributed by atoms with Gasteiger partial charge in [-0.1, -0.05) is 5.11 Å². The molecule has 86 valence electrons. The lowest BCUT2D eigenvalue weighted by Crippen LogP contribution is -2.31. The van der Waals surface area contributed by atoms with Crippen molar-refractivity contribution in [2.75, 3.05) is 6.61 Å². The van der Waals surface area contributed by atoms with E-state index in [9.17, 15) is 13.2 Å². The Morgan fingerprint density at radius 2 is 2.07 bits per heavy atom. The van der Waals surface area contributed by atoms with Gasteiger partial charge >= 0.3 is 10.1 Å². The van der Waals surface area contributed by atoms with E-state index in [0.29, 0.717) is 0 Å². The second kappa shape index (κ2) is 5.63. The fourth-order valence-corrected chi connectivity index (χ4v) is 1.10. The third kappa shape index (κ3) is 4.72. The molecule has 9 nitrogen and oxygen atoms in total. The van der Waals surface area contributed by atoms with Gasteiger partial charge in [-0.25, -0.2) is 0 Å². The summed E-state index contributed by atoms with van der Waals surface area (Å²) in [5.74, 6) is 0. The van der Waals surface area contributed by atoms with Crippen molar-refractivity contribution in [3.63, 3.8) is 0 Å². The van der Waals surface area contributed by atoms with E-state index in [-0.39, 0.29) is 0 Å². The van der Waals surface area contributed by atoms with Crippen molar-refractivity contribution in [2.45, 2.75) is 18.6 Å². The second-order valence-corrected chi connectivity index (χ2v) is 3.98. The number of carbonyl (C=O) groups is 1. The average Bonchev–Trinajstić information content (AvgIpc) is 2.14. The number of nitrogens with zero attached hydrogens (tertiary/aromatic N) is 3. The predicted octanol–water partition coefficient (Wildman–Crippen LogP) is -1.18. The van der Waals surface area contributed by atoms with Crippen molar-refractivity contribution in [3.8, 4) is 0 Å². The van der Waals surface area contributed by atoms with Crippen molar-refractivity contribution in [3.05, 3.63) is 10.4 Å². The molecule has 0 radical (unpaired) electrons. The number of hydrogen-bond acceptors (Lipinski definition) is 6. The van der Waals surface area contributed by atoms with E-state index in [1.807, 2.05) is 0 Å². The van der Waals surface area contributed by atoms with Crippen LogP contribution in [-0.2, 0) is 14.9 Å². The Hall–Kier alpha value is -1.19. The SMILES string of the molecule is [N-]=[N+]=NC(CC(=O)S(=O)(=O)O)C(O)CO. The van der Waals surface area contributed by atoms with Gasteiger partial charge in [0.25, 0.3) is 5.12 Å². The maximum atomic E-state index is 10.8.